The average Bonchev–Trinajstić information content (AvgIpc) is 2.25. The molecule has 6 heteroatoms. The molecule has 6 nitrogen and oxygen atoms in total. The summed E-state index contributed by atoms with van der Waals surface area (Å²) in [5, 5.41) is 21.2. The zero-order chi connectivity index (χ0) is 12.7. The number of nitrogens with zero attached hydrogens (tertiary/aromatic N) is 1. The zero-order valence-corrected chi connectivity index (χ0v) is 9.39. The molecule has 1 heterocycles. The molecule has 0 aliphatic carbocycles. The maximum absolute atomic E-state index is 12.0. The molecule has 0 radical (unpaired) electrons. The molecule has 0 fully saturated rings. The highest BCUT2D eigenvalue weighted by molar-refractivity contribution is 5.84. The SMILES string of the molecule is CC(C)n1[nH]c(=O)c2cc(O)c(O)cc2c1=O. The maximum atomic E-state index is 12.0. The van der Waals surface area contributed by atoms with Crippen molar-refractivity contribution in [3.05, 3.63) is 32.8 Å². The lowest BCUT2D eigenvalue weighted by molar-refractivity contribution is 0.404. The van der Waals surface area contributed by atoms with Crippen LogP contribution in [0.3, 0.4) is 0 Å². The van der Waals surface area contributed by atoms with Crippen molar-refractivity contribution in [2.45, 2.75) is 19.9 Å². The Morgan fingerprint density at radius 2 is 1.65 bits per heavy atom. The lowest BCUT2D eigenvalue weighted by Crippen LogP contribution is -2.31. The number of H-pyrrole nitrogens is 1. The van der Waals surface area contributed by atoms with Crippen LogP contribution in [0.4, 0.5) is 0 Å². The third-order valence-electron chi connectivity index (χ3n) is 2.55. The van der Waals surface area contributed by atoms with Crippen molar-refractivity contribution in [1.82, 2.24) is 9.78 Å². The fourth-order valence-electron chi connectivity index (χ4n) is 1.66. The van der Waals surface area contributed by atoms with E-state index in [2.05, 4.69) is 5.10 Å². The number of benzene rings is 1. The average molecular weight is 236 g/mol. The van der Waals surface area contributed by atoms with Crippen LogP contribution in [0.25, 0.3) is 10.8 Å². The predicted molar refractivity (Wildman–Crippen MR) is 62.5 cm³/mol. The molecule has 0 aliphatic rings. The number of aromatic hydroxyl groups is 2. The monoisotopic (exact) mass is 236 g/mol. The first-order valence-electron chi connectivity index (χ1n) is 5.12. The smallest absolute Gasteiger partial charge is 0.273 e. The van der Waals surface area contributed by atoms with Gasteiger partial charge in [0.25, 0.3) is 11.1 Å². The molecule has 0 bridgehead atoms. The van der Waals surface area contributed by atoms with Crippen LogP contribution in [-0.2, 0) is 0 Å². The molecule has 1 aromatic carbocycles. The summed E-state index contributed by atoms with van der Waals surface area (Å²) < 4.78 is 1.18. The summed E-state index contributed by atoms with van der Waals surface area (Å²) in [7, 11) is 0. The van der Waals surface area contributed by atoms with Gasteiger partial charge in [0.05, 0.1) is 10.8 Å². The van der Waals surface area contributed by atoms with Crippen LogP contribution in [-0.4, -0.2) is 20.0 Å². The van der Waals surface area contributed by atoms with Crippen LogP contribution < -0.4 is 11.1 Å². The minimum absolute atomic E-state index is 0.0576. The first-order valence-corrected chi connectivity index (χ1v) is 5.12. The Bertz CT molecular complexity index is 697. The lowest BCUT2D eigenvalue weighted by atomic mass is 10.1. The van der Waals surface area contributed by atoms with Gasteiger partial charge >= 0.3 is 0 Å². The van der Waals surface area contributed by atoms with Gasteiger partial charge in [0.1, 0.15) is 0 Å². The van der Waals surface area contributed by atoms with Crippen LogP contribution in [0.15, 0.2) is 21.7 Å². The molecule has 0 saturated heterocycles. The van der Waals surface area contributed by atoms with E-state index in [-0.39, 0.29) is 16.8 Å². The molecule has 0 spiro atoms. The molecule has 1 aromatic heterocycles. The molecule has 2 rings (SSSR count). The van der Waals surface area contributed by atoms with Crippen molar-refractivity contribution in [3.8, 4) is 11.5 Å². The number of fused-ring (bicyclic) bond motifs is 1. The highest BCUT2D eigenvalue weighted by Crippen LogP contribution is 2.26. The van der Waals surface area contributed by atoms with Gasteiger partial charge in [-0.15, -0.1) is 0 Å². The lowest BCUT2D eigenvalue weighted by Gasteiger charge is -2.10. The number of phenols is 2. The number of rotatable bonds is 1. The summed E-state index contributed by atoms with van der Waals surface area (Å²) in [6, 6.07) is 1.98. The third kappa shape index (κ3) is 1.67. The molecule has 0 amide bonds. The number of hydrogen-bond donors (Lipinski definition) is 3. The van der Waals surface area contributed by atoms with Crippen molar-refractivity contribution < 1.29 is 10.2 Å². The van der Waals surface area contributed by atoms with Gasteiger partial charge in [0, 0.05) is 6.04 Å². The van der Waals surface area contributed by atoms with Gasteiger partial charge in [-0.2, -0.15) is 0 Å². The Morgan fingerprint density at radius 1 is 1.12 bits per heavy atom. The number of aromatic amines is 1. The maximum Gasteiger partial charge on any atom is 0.273 e. The Hall–Kier alpha value is -2.24. The van der Waals surface area contributed by atoms with Crippen LogP contribution in [0.5, 0.6) is 11.5 Å². The second-order valence-corrected chi connectivity index (χ2v) is 4.10. The van der Waals surface area contributed by atoms with Crippen molar-refractivity contribution in [1.29, 1.82) is 0 Å². The second kappa shape index (κ2) is 3.65. The normalized spacial score (nSPS) is 11.2. The van der Waals surface area contributed by atoms with E-state index in [0.717, 1.165) is 12.1 Å². The molecule has 0 saturated carbocycles. The van der Waals surface area contributed by atoms with Gasteiger partial charge < -0.3 is 10.2 Å². The van der Waals surface area contributed by atoms with E-state index < -0.39 is 22.6 Å². The Kier molecular flexibility index (Phi) is 2.42. The van der Waals surface area contributed by atoms with E-state index in [1.807, 2.05) is 0 Å². The first-order chi connectivity index (χ1) is 7.91. The van der Waals surface area contributed by atoms with E-state index in [4.69, 9.17) is 0 Å². The van der Waals surface area contributed by atoms with E-state index in [1.165, 1.54) is 4.68 Å². The molecule has 2 aromatic rings. The van der Waals surface area contributed by atoms with Gasteiger partial charge in [-0.25, -0.2) is 4.68 Å². The van der Waals surface area contributed by atoms with Gasteiger partial charge in [-0.3, -0.25) is 14.7 Å². The van der Waals surface area contributed by atoms with E-state index in [9.17, 15) is 19.8 Å². The van der Waals surface area contributed by atoms with Crippen LogP contribution >= 0.6 is 0 Å². The Labute approximate surface area is 95.7 Å². The zero-order valence-electron chi connectivity index (χ0n) is 9.39. The molecule has 90 valence electrons. The van der Waals surface area contributed by atoms with Crippen molar-refractivity contribution >= 4 is 10.8 Å². The number of nitrogens with one attached hydrogen (secondary N) is 1. The summed E-state index contributed by atoms with van der Waals surface area (Å²) in [6.07, 6.45) is 0. The standard InChI is InChI=1S/C11H12N2O4/c1-5(2)13-11(17)7-4-9(15)8(14)3-6(7)10(16)12-13/h3-5,14-15H,1-2H3,(H,12,16). The van der Waals surface area contributed by atoms with Crippen molar-refractivity contribution in [2.24, 2.45) is 0 Å². The Balaban J connectivity index is 3.00. The summed E-state index contributed by atoms with van der Waals surface area (Å²) >= 11 is 0. The highest BCUT2D eigenvalue weighted by atomic mass is 16.3. The summed E-state index contributed by atoms with van der Waals surface area (Å²) in [5.74, 6) is -0.847. The van der Waals surface area contributed by atoms with Gasteiger partial charge in [0.2, 0.25) is 0 Å². The number of phenolic OH excluding ortho intramolecular Hbond substituents is 2. The van der Waals surface area contributed by atoms with Gasteiger partial charge in [0.15, 0.2) is 11.5 Å². The summed E-state index contributed by atoms with van der Waals surface area (Å²) in [4.78, 5) is 23.7. The molecule has 17 heavy (non-hydrogen) atoms. The second-order valence-electron chi connectivity index (χ2n) is 4.10. The fraction of sp³-hybridized carbons (Fsp3) is 0.273. The van der Waals surface area contributed by atoms with E-state index in [0.29, 0.717) is 0 Å². The van der Waals surface area contributed by atoms with Gasteiger partial charge in [-0.1, -0.05) is 0 Å². The quantitative estimate of drug-likeness (QED) is 0.634. The Morgan fingerprint density at radius 3 is 2.18 bits per heavy atom. The summed E-state index contributed by atoms with van der Waals surface area (Å²) in [6.45, 7) is 3.51. The molecule has 0 unspecified atom stereocenters. The minimum atomic E-state index is -0.483. The van der Waals surface area contributed by atoms with Crippen molar-refractivity contribution in [2.75, 3.05) is 0 Å². The largest absolute Gasteiger partial charge is 0.504 e. The van der Waals surface area contributed by atoms with Crippen LogP contribution in [0, 0.1) is 0 Å². The molecule has 3 N–H and O–H groups in total. The van der Waals surface area contributed by atoms with Crippen LogP contribution in [0.2, 0.25) is 0 Å². The molecule has 0 aliphatic heterocycles. The molecule has 0 atom stereocenters. The third-order valence-corrected chi connectivity index (χ3v) is 2.55. The number of hydrogen-bond acceptors (Lipinski definition) is 4. The molecular formula is C11H12N2O4. The van der Waals surface area contributed by atoms with E-state index >= 15 is 0 Å². The topological polar surface area (TPSA) is 95.3 Å². The van der Waals surface area contributed by atoms with E-state index in [1.54, 1.807) is 13.8 Å². The minimum Gasteiger partial charge on any atom is -0.504 e. The van der Waals surface area contributed by atoms with Crippen LogP contribution in [0.1, 0.15) is 19.9 Å². The first kappa shape index (κ1) is 11.3. The fourth-order valence-corrected chi connectivity index (χ4v) is 1.66. The highest BCUT2D eigenvalue weighted by Gasteiger charge is 2.12. The molecular weight excluding hydrogens is 224 g/mol. The predicted octanol–water partition coefficient (Wildman–Crippen LogP) is 0.682. The van der Waals surface area contributed by atoms with Gasteiger partial charge in [-0.05, 0) is 26.0 Å². The summed E-state index contributed by atoms with van der Waals surface area (Å²) in [5.41, 5.74) is -0.895. The van der Waals surface area contributed by atoms with Crippen molar-refractivity contribution in [3.63, 3.8) is 0 Å². The number of aromatic nitrogens is 2.